The number of nitrogens with two attached hydrogens (primary N) is 1. The van der Waals surface area contributed by atoms with E-state index in [0.29, 0.717) is 11.6 Å². The van der Waals surface area contributed by atoms with Crippen molar-refractivity contribution in [3.8, 4) is 17.1 Å². The first-order chi connectivity index (χ1) is 7.69. The molecule has 1 aromatic carbocycles. The Labute approximate surface area is 93.8 Å². The van der Waals surface area contributed by atoms with Crippen LogP contribution in [-0.4, -0.2) is 15.1 Å². The molecule has 2 aromatic rings. The molecule has 0 aliphatic carbocycles. The molecule has 4 heteroatoms. The first-order valence-electron chi connectivity index (χ1n) is 5.12. The Hall–Kier alpha value is -2.10. The second kappa shape index (κ2) is 4.18. The topological polar surface area (TPSA) is 72.0 Å². The van der Waals surface area contributed by atoms with Gasteiger partial charge in [-0.15, -0.1) is 0 Å². The number of hydrogen-bond donors (Lipinski definition) is 2. The summed E-state index contributed by atoms with van der Waals surface area (Å²) in [6.07, 6.45) is 0.804. The van der Waals surface area contributed by atoms with Crippen molar-refractivity contribution in [1.29, 1.82) is 0 Å². The van der Waals surface area contributed by atoms with E-state index in [1.807, 2.05) is 13.0 Å². The molecule has 0 atom stereocenters. The molecule has 16 heavy (non-hydrogen) atoms. The van der Waals surface area contributed by atoms with E-state index < -0.39 is 0 Å². The largest absolute Gasteiger partial charge is 0.508 e. The van der Waals surface area contributed by atoms with Gasteiger partial charge in [-0.1, -0.05) is 19.1 Å². The summed E-state index contributed by atoms with van der Waals surface area (Å²) in [7, 11) is 0. The van der Waals surface area contributed by atoms with Crippen molar-refractivity contribution >= 4 is 5.82 Å². The summed E-state index contributed by atoms with van der Waals surface area (Å²) in [5.41, 5.74) is 7.36. The van der Waals surface area contributed by atoms with Crippen LogP contribution < -0.4 is 5.73 Å². The SMILES string of the molecule is CCc1cc(N)nc(-c2cccc(O)c2)n1. The Kier molecular flexibility index (Phi) is 2.72. The Morgan fingerprint density at radius 2 is 2.06 bits per heavy atom. The molecule has 1 heterocycles. The van der Waals surface area contributed by atoms with Crippen molar-refractivity contribution in [3.63, 3.8) is 0 Å². The zero-order valence-corrected chi connectivity index (χ0v) is 9.01. The summed E-state index contributed by atoms with van der Waals surface area (Å²) in [5, 5.41) is 9.38. The maximum absolute atomic E-state index is 9.38. The summed E-state index contributed by atoms with van der Waals surface area (Å²) in [6, 6.07) is 8.58. The third kappa shape index (κ3) is 2.11. The quantitative estimate of drug-likeness (QED) is 0.803. The molecule has 0 fully saturated rings. The number of rotatable bonds is 2. The molecule has 1 aromatic heterocycles. The molecule has 0 unspecified atom stereocenters. The lowest BCUT2D eigenvalue weighted by Gasteiger charge is -2.04. The van der Waals surface area contributed by atoms with E-state index in [1.54, 1.807) is 24.3 Å². The molecule has 4 nitrogen and oxygen atoms in total. The van der Waals surface area contributed by atoms with Crippen LogP contribution in [0.1, 0.15) is 12.6 Å². The van der Waals surface area contributed by atoms with Crippen molar-refractivity contribution in [2.24, 2.45) is 0 Å². The lowest BCUT2D eigenvalue weighted by atomic mass is 10.2. The highest BCUT2D eigenvalue weighted by Gasteiger charge is 2.04. The third-order valence-electron chi connectivity index (χ3n) is 2.27. The van der Waals surface area contributed by atoms with Gasteiger partial charge in [-0.25, -0.2) is 9.97 Å². The minimum absolute atomic E-state index is 0.196. The molecule has 82 valence electrons. The van der Waals surface area contributed by atoms with Gasteiger partial charge < -0.3 is 10.8 Å². The molecule has 0 aliphatic rings. The predicted molar refractivity (Wildman–Crippen MR) is 62.9 cm³/mol. The highest BCUT2D eigenvalue weighted by molar-refractivity contribution is 5.59. The van der Waals surface area contributed by atoms with Gasteiger partial charge in [0, 0.05) is 17.3 Å². The van der Waals surface area contributed by atoms with Crippen LogP contribution in [0.15, 0.2) is 30.3 Å². The van der Waals surface area contributed by atoms with E-state index in [1.165, 1.54) is 0 Å². The lowest BCUT2D eigenvalue weighted by molar-refractivity contribution is 0.475. The molecule has 0 aliphatic heterocycles. The van der Waals surface area contributed by atoms with Gasteiger partial charge in [0.1, 0.15) is 11.6 Å². The van der Waals surface area contributed by atoms with Gasteiger partial charge >= 0.3 is 0 Å². The molecular formula is C12H13N3O. The van der Waals surface area contributed by atoms with Crippen LogP contribution >= 0.6 is 0 Å². The van der Waals surface area contributed by atoms with Gasteiger partial charge in [-0.05, 0) is 18.6 Å². The van der Waals surface area contributed by atoms with Gasteiger partial charge in [-0.3, -0.25) is 0 Å². The molecule has 0 radical (unpaired) electrons. The van der Waals surface area contributed by atoms with Crippen molar-refractivity contribution in [2.45, 2.75) is 13.3 Å². The summed E-state index contributed by atoms with van der Waals surface area (Å²) in [4.78, 5) is 8.51. The zero-order valence-electron chi connectivity index (χ0n) is 9.01. The van der Waals surface area contributed by atoms with E-state index >= 15 is 0 Å². The van der Waals surface area contributed by atoms with E-state index in [-0.39, 0.29) is 5.75 Å². The van der Waals surface area contributed by atoms with Crippen LogP contribution in [-0.2, 0) is 6.42 Å². The summed E-state index contributed by atoms with van der Waals surface area (Å²) < 4.78 is 0. The fourth-order valence-corrected chi connectivity index (χ4v) is 1.47. The van der Waals surface area contributed by atoms with Crippen LogP contribution in [0, 0.1) is 0 Å². The second-order valence-electron chi connectivity index (χ2n) is 3.51. The zero-order chi connectivity index (χ0) is 11.5. The molecule has 3 N–H and O–H groups in total. The van der Waals surface area contributed by atoms with Crippen LogP contribution in [0.2, 0.25) is 0 Å². The normalized spacial score (nSPS) is 10.3. The van der Waals surface area contributed by atoms with Crippen molar-refractivity contribution in [1.82, 2.24) is 9.97 Å². The summed E-state index contributed by atoms with van der Waals surface area (Å²) in [5.74, 6) is 1.19. The molecular weight excluding hydrogens is 202 g/mol. The number of hydrogen-bond acceptors (Lipinski definition) is 4. The van der Waals surface area contributed by atoms with Crippen molar-refractivity contribution in [3.05, 3.63) is 36.0 Å². The Bertz CT molecular complexity index is 511. The third-order valence-corrected chi connectivity index (χ3v) is 2.27. The fourth-order valence-electron chi connectivity index (χ4n) is 1.47. The minimum Gasteiger partial charge on any atom is -0.508 e. The highest BCUT2D eigenvalue weighted by atomic mass is 16.3. The standard InChI is InChI=1S/C12H13N3O/c1-2-9-7-11(13)15-12(14-9)8-4-3-5-10(16)6-8/h3-7,16H,2H2,1H3,(H2,13,14,15). The van der Waals surface area contributed by atoms with Crippen molar-refractivity contribution < 1.29 is 5.11 Å². The number of phenols is 1. The van der Waals surface area contributed by atoms with Gasteiger partial charge in [0.25, 0.3) is 0 Å². The van der Waals surface area contributed by atoms with Gasteiger partial charge in [0.05, 0.1) is 0 Å². The van der Waals surface area contributed by atoms with E-state index in [0.717, 1.165) is 17.7 Å². The number of phenolic OH excluding ortho intramolecular Hbond substituents is 1. The molecule has 0 bridgehead atoms. The molecule has 2 rings (SSSR count). The second-order valence-corrected chi connectivity index (χ2v) is 3.51. The van der Waals surface area contributed by atoms with Crippen LogP contribution in [0.25, 0.3) is 11.4 Å². The van der Waals surface area contributed by atoms with Gasteiger partial charge in [-0.2, -0.15) is 0 Å². The molecule has 0 saturated heterocycles. The smallest absolute Gasteiger partial charge is 0.161 e. The number of aromatic hydroxyl groups is 1. The maximum Gasteiger partial charge on any atom is 0.161 e. The number of nitrogen functional groups attached to an aromatic ring is 1. The number of nitrogens with zero attached hydrogens (tertiary/aromatic N) is 2. The summed E-state index contributed by atoms with van der Waals surface area (Å²) in [6.45, 7) is 2.01. The highest BCUT2D eigenvalue weighted by Crippen LogP contribution is 2.21. The van der Waals surface area contributed by atoms with Crippen LogP contribution in [0.5, 0.6) is 5.75 Å². The van der Waals surface area contributed by atoms with E-state index in [4.69, 9.17) is 5.73 Å². The van der Waals surface area contributed by atoms with Crippen LogP contribution in [0.4, 0.5) is 5.82 Å². The maximum atomic E-state index is 9.38. The average molecular weight is 215 g/mol. The number of aromatic nitrogens is 2. The predicted octanol–water partition coefficient (Wildman–Crippen LogP) is 1.99. The fraction of sp³-hybridized carbons (Fsp3) is 0.167. The molecule has 0 saturated carbocycles. The van der Waals surface area contributed by atoms with E-state index in [2.05, 4.69) is 9.97 Å². The first-order valence-corrected chi connectivity index (χ1v) is 5.12. The van der Waals surface area contributed by atoms with Gasteiger partial charge in [0.2, 0.25) is 0 Å². The Morgan fingerprint density at radius 1 is 1.25 bits per heavy atom. The monoisotopic (exact) mass is 215 g/mol. The Morgan fingerprint density at radius 3 is 2.75 bits per heavy atom. The number of aryl methyl sites for hydroxylation is 1. The summed E-state index contributed by atoms with van der Waals surface area (Å²) >= 11 is 0. The lowest BCUT2D eigenvalue weighted by Crippen LogP contribution is -1.99. The van der Waals surface area contributed by atoms with Crippen molar-refractivity contribution in [2.75, 3.05) is 5.73 Å². The first kappa shape index (κ1) is 10.4. The van der Waals surface area contributed by atoms with Crippen LogP contribution in [0.3, 0.4) is 0 Å². The minimum atomic E-state index is 0.196. The van der Waals surface area contributed by atoms with E-state index in [9.17, 15) is 5.11 Å². The molecule has 0 amide bonds. The molecule has 0 spiro atoms. The van der Waals surface area contributed by atoms with Gasteiger partial charge in [0.15, 0.2) is 5.82 Å². The Balaban J connectivity index is 2.51. The average Bonchev–Trinajstić information content (AvgIpc) is 2.28. The number of benzene rings is 1. The number of anilines is 1.